The monoisotopic (exact) mass is 439 g/mol. The van der Waals surface area contributed by atoms with Crippen LogP contribution in [0.5, 0.6) is 0 Å². The Morgan fingerprint density at radius 3 is 2.43 bits per heavy atom. The quantitative estimate of drug-likeness (QED) is 0.694. The van der Waals surface area contributed by atoms with Crippen LogP contribution < -0.4 is 5.32 Å². The molecule has 1 unspecified atom stereocenters. The van der Waals surface area contributed by atoms with Crippen LogP contribution in [0, 0.1) is 0 Å². The van der Waals surface area contributed by atoms with E-state index in [1.165, 1.54) is 16.2 Å². The molecule has 1 atom stereocenters. The predicted octanol–water partition coefficient (Wildman–Crippen LogP) is 3.87. The fourth-order valence-electron chi connectivity index (χ4n) is 3.16. The Labute approximate surface area is 177 Å². The summed E-state index contributed by atoms with van der Waals surface area (Å²) < 4.78 is 0.639. The van der Waals surface area contributed by atoms with Crippen molar-refractivity contribution in [1.29, 1.82) is 0 Å². The van der Waals surface area contributed by atoms with Crippen molar-refractivity contribution in [3.63, 3.8) is 0 Å². The molecule has 1 aliphatic rings. The Kier molecular flexibility index (Phi) is 5.98. The van der Waals surface area contributed by atoms with Gasteiger partial charge < -0.3 is 10.2 Å². The summed E-state index contributed by atoms with van der Waals surface area (Å²) in [6, 6.07) is 9.78. The van der Waals surface area contributed by atoms with Gasteiger partial charge in [-0.1, -0.05) is 42.3 Å². The molecule has 28 heavy (non-hydrogen) atoms. The Balaban J connectivity index is 1.75. The van der Waals surface area contributed by atoms with Crippen LogP contribution >= 0.6 is 34.5 Å². The van der Waals surface area contributed by atoms with E-state index in [0.29, 0.717) is 27.9 Å². The van der Waals surface area contributed by atoms with Gasteiger partial charge in [-0.25, -0.2) is 4.79 Å². The number of benzene rings is 1. The van der Waals surface area contributed by atoms with Gasteiger partial charge in [0.2, 0.25) is 5.91 Å². The van der Waals surface area contributed by atoms with Crippen molar-refractivity contribution in [3.8, 4) is 0 Å². The molecule has 0 bridgehead atoms. The van der Waals surface area contributed by atoms with Gasteiger partial charge in [-0.2, -0.15) is 0 Å². The highest BCUT2D eigenvalue weighted by Gasteiger charge is 2.51. The molecule has 1 fully saturated rings. The van der Waals surface area contributed by atoms with Gasteiger partial charge in [0, 0.05) is 16.9 Å². The molecule has 0 aliphatic carbocycles. The van der Waals surface area contributed by atoms with Crippen molar-refractivity contribution >= 4 is 52.4 Å². The molecule has 2 heterocycles. The highest BCUT2D eigenvalue weighted by molar-refractivity contribution is 7.16. The summed E-state index contributed by atoms with van der Waals surface area (Å²) in [5.74, 6) is -0.778. The Hall–Kier alpha value is -2.09. The maximum atomic E-state index is 13.1. The third-order valence-corrected chi connectivity index (χ3v) is 6.25. The van der Waals surface area contributed by atoms with E-state index in [1.54, 1.807) is 37.4 Å². The van der Waals surface area contributed by atoms with Crippen molar-refractivity contribution in [1.82, 2.24) is 15.1 Å². The topological polar surface area (TPSA) is 69.7 Å². The number of carbonyl (C=O) groups excluding carboxylic acids is 3. The highest BCUT2D eigenvalue weighted by atomic mass is 35.5. The summed E-state index contributed by atoms with van der Waals surface area (Å²) in [5.41, 5.74) is -0.559. The van der Waals surface area contributed by atoms with E-state index in [9.17, 15) is 14.4 Å². The van der Waals surface area contributed by atoms with Crippen molar-refractivity contribution < 1.29 is 14.4 Å². The lowest BCUT2D eigenvalue weighted by molar-refractivity contribution is -0.138. The Morgan fingerprint density at radius 1 is 1.18 bits per heavy atom. The van der Waals surface area contributed by atoms with Crippen LogP contribution in [0.25, 0.3) is 0 Å². The number of likely N-dealkylation sites (N-methyl/N-ethyl adjacent to an activating group) is 1. The van der Waals surface area contributed by atoms with Gasteiger partial charge in [0.05, 0.1) is 10.9 Å². The fourth-order valence-corrected chi connectivity index (χ4v) is 4.43. The Morgan fingerprint density at radius 2 is 1.86 bits per heavy atom. The summed E-state index contributed by atoms with van der Waals surface area (Å²) in [6.45, 7) is 1.84. The zero-order valence-corrected chi connectivity index (χ0v) is 17.7. The van der Waals surface area contributed by atoms with Gasteiger partial charge in [0.1, 0.15) is 12.1 Å². The number of nitrogens with zero attached hydrogens (tertiary/aromatic N) is 2. The minimum atomic E-state index is -1.19. The summed E-state index contributed by atoms with van der Waals surface area (Å²) in [4.78, 5) is 41.5. The predicted molar refractivity (Wildman–Crippen MR) is 109 cm³/mol. The minimum Gasteiger partial charge on any atom is -0.339 e. The molecular formula is C19H19Cl2N3O3S. The molecule has 1 N–H and O–H groups in total. The second-order valence-electron chi connectivity index (χ2n) is 6.54. The third-order valence-electron chi connectivity index (χ3n) is 4.78. The van der Waals surface area contributed by atoms with Crippen molar-refractivity contribution in [3.05, 3.63) is 56.2 Å². The first-order chi connectivity index (χ1) is 13.3. The zero-order chi connectivity index (χ0) is 20.5. The number of rotatable bonds is 6. The molecular weight excluding hydrogens is 421 g/mol. The van der Waals surface area contributed by atoms with Gasteiger partial charge in [-0.15, -0.1) is 11.3 Å². The number of hydrogen-bond acceptors (Lipinski definition) is 4. The molecule has 4 amide bonds. The maximum absolute atomic E-state index is 13.1. The minimum absolute atomic E-state index is 0.324. The van der Waals surface area contributed by atoms with Crippen LogP contribution in [0.2, 0.25) is 9.36 Å². The van der Waals surface area contributed by atoms with Crippen molar-refractivity contribution in [2.75, 3.05) is 13.6 Å². The first-order valence-corrected chi connectivity index (χ1v) is 10.2. The van der Waals surface area contributed by atoms with Crippen LogP contribution in [0.4, 0.5) is 4.79 Å². The SMILES string of the molecule is CCC1(c2ccc(Cl)cc2)NC(=O)N(CC(=O)N(C)Cc2ccc(Cl)s2)C1=O. The maximum Gasteiger partial charge on any atom is 0.325 e. The number of hydrogen-bond donors (Lipinski definition) is 1. The average Bonchev–Trinajstić information content (AvgIpc) is 3.18. The molecule has 148 valence electrons. The van der Waals surface area contributed by atoms with Crippen LogP contribution in [-0.2, 0) is 21.7 Å². The number of imide groups is 1. The Bertz CT molecular complexity index is 915. The molecule has 9 heteroatoms. The summed E-state index contributed by atoms with van der Waals surface area (Å²) in [6.07, 6.45) is 0.355. The molecule has 6 nitrogen and oxygen atoms in total. The van der Waals surface area contributed by atoms with Crippen LogP contribution in [0.15, 0.2) is 36.4 Å². The first-order valence-electron chi connectivity index (χ1n) is 8.65. The third kappa shape index (κ3) is 3.87. The van der Waals surface area contributed by atoms with Crippen LogP contribution in [0.3, 0.4) is 0 Å². The lowest BCUT2D eigenvalue weighted by atomic mass is 9.87. The highest BCUT2D eigenvalue weighted by Crippen LogP contribution is 2.33. The van der Waals surface area contributed by atoms with E-state index in [0.717, 1.165) is 9.78 Å². The number of carbonyl (C=O) groups is 3. The molecule has 1 saturated heterocycles. The lowest BCUT2D eigenvalue weighted by Crippen LogP contribution is -2.45. The second kappa shape index (κ2) is 8.11. The number of nitrogens with one attached hydrogen (secondary N) is 1. The number of urea groups is 1. The zero-order valence-electron chi connectivity index (χ0n) is 15.4. The normalized spacial score (nSPS) is 19.1. The summed E-state index contributed by atoms with van der Waals surface area (Å²) >= 11 is 13.2. The van der Waals surface area contributed by atoms with Crippen molar-refractivity contribution in [2.45, 2.75) is 25.4 Å². The van der Waals surface area contributed by atoms with Gasteiger partial charge >= 0.3 is 6.03 Å². The molecule has 3 rings (SSSR count). The number of thiophene rings is 1. The lowest BCUT2D eigenvalue weighted by Gasteiger charge is -2.26. The van der Waals surface area contributed by atoms with Crippen LogP contribution in [0.1, 0.15) is 23.8 Å². The van der Waals surface area contributed by atoms with E-state index in [4.69, 9.17) is 23.2 Å². The average molecular weight is 440 g/mol. The van der Waals surface area contributed by atoms with E-state index in [1.807, 2.05) is 13.0 Å². The van der Waals surface area contributed by atoms with Gasteiger partial charge in [-0.3, -0.25) is 14.5 Å². The van der Waals surface area contributed by atoms with E-state index in [-0.39, 0.29) is 12.5 Å². The number of amides is 4. The second-order valence-corrected chi connectivity index (χ2v) is 8.78. The van der Waals surface area contributed by atoms with Crippen LogP contribution in [-0.4, -0.2) is 41.2 Å². The molecule has 1 aromatic heterocycles. The molecule has 0 radical (unpaired) electrons. The molecule has 2 aromatic rings. The van der Waals surface area contributed by atoms with Gasteiger partial charge in [0.25, 0.3) is 5.91 Å². The molecule has 0 saturated carbocycles. The summed E-state index contributed by atoms with van der Waals surface area (Å²) in [7, 11) is 1.63. The molecule has 0 spiro atoms. The standard InChI is InChI=1S/C19H19Cl2N3O3S/c1-3-19(12-4-6-13(20)7-5-12)17(26)24(18(27)22-19)11-16(25)23(2)10-14-8-9-15(21)28-14/h4-9H,3,10-11H2,1-2H3,(H,22,27). The van der Waals surface area contributed by atoms with E-state index in [2.05, 4.69) is 5.32 Å². The molecule has 1 aliphatic heterocycles. The largest absolute Gasteiger partial charge is 0.339 e. The van der Waals surface area contributed by atoms with Crippen molar-refractivity contribution in [2.24, 2.45) is 0 Å². The smallest absolute Gasteiger partial charge is 0.325 e. The first kappa shape index (κ1) is 20.6. The summed E-state index contributed by atoms with van der Waals surface area (Å²) in [5, 5.41) is 3.29. The number of halogens is 2. The molecule has 1 aromatic carbocycles. The van der Waals surface area contributed by atoms with Gasteiger partial charge in [0.15, 0.2) is 0 Å². The van der Waals surface area contributed by atoms with E-state index < -0.39 is 17.5 Å². The van der Waals surface area contributed by atoms with E-state index >= 15 is 0 Å². The fraction of sp³-hybridized carbons (Fsp3) is 0.316. The van der Waals surface area contributed by atoms with Gasteiger partial charge in [-0.05, 0) is 36.2 Å².